The van der Waals surface area contributed by atoms with E-state index in [0.29, 0.717) is 0 Å². The van der Waals surface area contributed by atoms with Crippen molar-refractivity contribution in [3.05, 3.63) is 30.6 Å². The van der Waals surface area contributed by atoms with E-state index in [-0.39, 0.29) is 28.5 Å². The van der Waals surface area contributed by atoms with E-state index in [1.165, 1.54) is 6.33 Å². The summed E-state index contributed by atoms with van der Waals surface area (Å²) in [5.74, 6) is 0. The van der Waals surface area contributed by atoms with E-state index < -0.39 is 10.0 Å². The molecule has 0 aliphatic carbocycles. The van der Waals surface area contributed by atoms with Crippen molar-refractivity contribution < 1.29 is 8.42 Å². The third-order valence-corrected chi connectivity index (χ3v) is 5.38. The number of anilines is 2. The molecule has 3 N–H and O–H groups in total. The van der Waals surface area contributed by atoms with Gasteiger partial charge < -0.3 is 10.6 Å². The van der Waals surface area contributed by atoms with Crippen LogP contribution in [0.3, 0.4) is 0 Å². The predicted molar refractivity (Wildman–Crippen MR) is 89.2 cm³/mol. The monoisotopic (exact) mass is 361 g/mol. The SMILES string of the molecule is Cl.NC1CCN(c2ccc(S(=O)(=O)Nc3ncns3)cc2)C1. The molecule has 2 heterocycles. The lowest BCUT2D eigenvalue weighted by atomic mass is 10.3. The first-order valence-electron chi connectivity index (χ1n) is 6.45. The zero-order chi connectivity index (χ0) is 14.9. The fraction of sp³-hybridized carbons (Fsp3) is 0.333. The third kappa shape index (κ3) is 3.67. The second kappa shape index (κ2) is 6.78. The van der Waals surface area contributed by atoms with Crippen molar-refractivity contribution >= 4 is 44.8 Å². The number of nitrogens with zero attached hydrogens (tertiary/aromatic N) is 3. The molecule has 120 valence electrons. The van der Waals surface area contributed by atoms with Crippen molar-refractivity contribution in [1.29, 1.82) is 0 Å². The first-order valence-corrected chi connectivity index (χ1v) is 8.70. The maximum absolute atomic E-state index is 12.2. The Labute approximate surface area is 139 Å². The van der Waals surface area contributed by atoms with Gasteiger partial charge in [-0.2, -0.15) is 4.37 Å². The fourth-order valence-electron chi connectivity index (χ4n) is 2.25. The molecular formula is C12H16ClN5O2S2. The van der Waals surface area contributed by atoms with Gasteiger partial charge in [-0.05, 0) is 30.7 Å². The van der Waals surface area contributed by atoms with Crippen LogP contribution in [0.4, 0.5) is 10.8 Å². The van der Waals surface area contributed by atoms with Gasteiger partial charge in [0, 0.05) is 36.4 Å². The normalized spacial score (nSPS) is 18.0. The molecule has 0 radical (unpaired) electrons. The van der Waals surface area contributed by atoms with E-state index in [2.05, 4.69) is 19.0 Å². The number of hydrogen-bond acceptors (Lipinski definition) is 7. The minimum atomic E-state index is -3.62. The predicted octanol–water partition coefficient (Wildman–Crippen LogP) is 1.30. The summed E-state index contributed by atoms with van der Waals surface area (Å²) in [7, 11) is -3.62. The molecule has 1 aromatic carbocycles. The van der Waals surface area contributed by atoms with Gasteiger partial charge in [-0.25, -0.2) is 13.4 Å². The molecule has 1 aliphatic heterocycles. The van der Waals surface area contributed by atoms with Crippen molar-refractivity contribution in [3.63, 3.8) is 0 Å². The number of hydrogen-bond donors (Lipinski definition) is 2. The van der Waals surface area contributed by atoms with Gasteiger partial charge in [0.2, 0.25) is 5.13 Å². The Morgan fingerprint density at radius 3 is 2.59 bits per heavy atom. The summed E-state index contributed by atoms with van der Waals surface area (Å²) in [6.45, 7) is 1.70. The highest BCUT2D eigenvalue weighted by molar-refractivity contribution is 7.93. The van der Waals surface area contributed by atoms with Crippen LogP contribution in [-0.4, -0.2) is 36.9 Å². The van der Waals surface area contributed by atoms with Gasteiger partial charge in [-0.3, -0.25) is 4.72 Å². The molecule has 0 bridgehead atoms. The highest BCUT2D eigenvalue weighted by Crippen LogP contribution is 2.23. The lowest BCUT2D eigenvalue weighted by Crippen LogP contribution is -2.26. The summed E-state index contributed by atoms with van der Waals surface area (Å²) >= 11 is 0.995. The molecule has 1 unspecified atom stereocenters. The molecule has 1 aromatic heterocycles. The average Bonchev–Trinajstić information content (AvgIpc) is 3.10. The standard InChI is InChI=1S/C12H15N5O2S2.ClH/c13-9-5-6-17(7-9)10-1-3-11(4-2-10)21(18,19)16-12-14-8-15-20-12;/h1-4,8-9H,5-7,13H2,(H,14,15,16);1H. The second-order valence-corrected chi connectivity index (χ2v) is 7.30. The van der Waals surface area contributed by atoms with Crippen LogP contribution in [0, 0.1) is 0 Å². The Morgan fingerprint density at radius 2 is 2.05 bits per heavy atom. The summed E-state index contributed by atoms with van der Waals surface area (Å²) in [4.78, 5) is 6.16. The molecule has 0 saturated carbocycles. The molecule has 1 saturated heterocycles. The van der Waals surface area contributed by atoms with Crippen molar-refractivity contribution in [1.82, 2.24) is 9.36 Å². The van der Waals surface area contributed by atoms with E-state index in [4.69, 9.17) is 5.73 Å². The maximum atomic E-state index is 12.2. The average molecular weight is 362 g/mol. The molecule has 1 aliphatic rings. The number of halogens is 1. The van der Waals surface area contributed by atoms with Crippen molar-refractivity contribution in [3.8, 4) is 0 Å². The third-order valence-electron chi connectivity index (χ3n) is 3.32. The van der Waals surface area contributed by atoms with Crippen LogP contribution in [-0.2, 0) is 10.0 Å². The van der Waals surface area contributed by atoms with Gasteiger partial charge >= 0.3 is 0 Å². The summed E-state index contributed by atoms with van der Waals surface area (Å²) in [5, 5.41) is 0.254. The lowest BCUT2D eigenvalue weighted by molar-refractivity contribution is 0.601. The van der Waals surface area contributed by atoms with Gasteiger partial charge in [0.05, 0.1) is 4.90 Å². The minimum absolute atomic E-state index is 0. The Kier molecular flexibility index (Phi) is 5.22. The maximum Gasteiger partial charge on any atom is 0.263 e. The molecule has 0 amide bonds. The molecular weight excluding hydrogens is 346 g/mol. The number of nitrogens with two attached hydrogens (primary N) is 1. The van der Waals surface area contributed by atoms with Gasteiger partial charge in [-0.1, -0.05) is 0 Å². The van der Waals surface area contributed by atoms with Gasteiger partial charge in [0.25, 0.3) is 10.0 Å². The molecule has 10 heteroatoms. The number of rotatable bonds is 4. The van der Waals surface area contributed by atoms with Crippen LogP contribution >= 0.6 is 23.9 Å². The van der Waals surface area contributed by atoms with Gasteiger partial charge in [0.15, 0.2) is 0 Å². The van der Waals surface area contributed by atoms with Crippen LogP contribution in [0.15, 0.2) is 35.5 Å². The van der Waals surface area contributed by atoms with E-state index in [1.807, 2.05) is 0 Å². The van der Waals surface area contributed by atoms with Crippen molar-refractivity contribution in [2.45, 2.75) is 17.4 Å². The van der Waals surface area contributed by atoms with E-state index >= 15 is 0 Å². The van der Waals surface area contributed by atoms with Crippen LogP contribution in [0.1, 0.15) is 6.42 Å². The van der Waals surface area contributed by atoms with E-state index in [9.17, 15) is 8.42 Å². The summed E-state index contributed by atoms with van der Waals surface area (Å²) in [6.07, 6.45) is 2.26. The number of sulfonamides is 1. The lowest BCUT2D eigenvalue weighted by Gasteiger charge is -2.18. The van der Waals surface area contributed by atoms with E-state index in [1.54, 1.807) is 24.3 Å². The van der Waals surface area contributed by atoms with Crippen molar-refractivity contribution in [2.75, 3.05) is 22.7 Å². The quantitative estimate of drug-likeness (QED) is 0.851. The zero-order valence-electron chi connectivity index (χ0n) is 11.5. The summed E-state index contributed by atoms with van der Waals surface area (Å²) in [6, 6.07) is 6.96. The highest BCUT2D eigenvalue weighted by atomic mass is 35.5. The van der Waals surface area contributed by atoms with Gasteiger partial charge in [-0.15, -0.1) is 12.4 Å². The minimum Gasteiger partial charge on any atom is -0.370 e. The highest BCUT2D eigenvalue weighted by Gasteiger charge is 2.20. The Bertz CT molecular complexity index is 706. The number of aromatic nitrogens is 2. The second-order valence-electron chi connectivity index (χ2n) is 4.84. The first-order chi connectivity index (χ1) is 10.0. The fourth-order valence-corrected chi connectivity index (χ4v) is 3.91. The molecule has 1 fully saturated rings. The van der Waals surface area contributed by atoms with Crippen LogP contribution in [0.5, 0.6) is 0 Å². The largest absolute Gasteiger partial charge is 0.370 e. The molecule has 0 spiro atoms. The summed E-state index contributed by atoms with van der Waals surface area (Å²) < 4.78 is 30.5. The number of nitrogens with one attached hydrogen (secondary N) is 1. The van der Waals surface area contributed by atoms with Crippen molar-refractivity contribution in [2.24, 2.45) is 5.73 Å². The van der Waals surface area contributed by atoms with Gasteiger partial charge in [0.1, 0.15) is 6.33 Å². The van der Waals surface area contributed by atoms with Crippen LogP contribution in [0.25, 0.3) is 0 Å². The zero-order valence-corrected chi connectivity index (χ0v) is 14.0. The molecule has 1 atom stereocenters. The molecule has 7 nitrogen and oxygen atoms in total. The Balaban J connectivity index is 0.00000176. The number of benzene rings is 1. The summed E-state index contributed by atoms with van der Waals surface area (Å²) in [5.41, 5.74) is 6.86. The first kappa shape index (κ1) is 16.9. The molecule has 3 rings (SSSR count). The Hall–Kier alpha value is -1.42. The Morgan fingerprint density at radius 1 is 1.32 bits per heavy atom. The molecule has 2 aromatic rings. The van der Waals surface area contributed by atoms with Crippen LogP contribution in [0.2, 0.25) is 0 Å². The molecule has 22 heavy (non-hydrogen) atoms. The topological polar surface area (TPSA) is 101 Å². The van der Waals surface area contributed by atoms with Crippen LogP contribution < -0.4 is 15.4 Å². The smallest absolute Gasteiger partial charge is 0.263 e. The van der Waals surface area contributed by atoms with E-state index in [0.717, 1.165) is 36.7 Å².